The highest BCUT2D eigenvalue weighted by Crippen LogP contribution is 2.25. The Hall–Kier alpha value is -8.70. The van der Waals surface area contributed by atoms with Gasteiger partial charge in [-0.05, 0) is 67.2 Å². The van der Waals surface area contributed by atoms with Crippen molar-refractivity contribution in [1.29, 1.82) is 5.41 Å². The summed E-state index contributed by atoms with van der Waals surface area (Å²) in [6.07, 6.45) is -5.73. The Balaban J connectivity index is 2.44. The molecule has 1 saturated heterocycles. The molecule has 1 aromatic heterocycles. The summed E-state index contributed by atoms with van der Waals surface area (Å²) in [6.45, 7) is 14.2. The maximum atomic E-state index is 15.5. The number of guanidine groups is 1. The van der Waals surface area contributed by atoms with Gasteiger partial charge in [0.15, 0.2) is 24.2 Å². The summed E-state index contributed by atoms with van der Waals surface area (Å²) >= 11 is 0. The van der Waals surface area contributed by atoms with E-state index >= 15 is 9.59 Å². The maximum Gasteiger partial charge on any atom is 0.331 e. The van der Waals surface area contributed by atoms with Crippen molar-refractivity contribution < 1.29 is 82.7 Å². The van der Waals surface area contributed by atoms with Crippen LogP contribution in [-0.2, 0) is 68.7 Å². The minimum absolute atomic E-state index is 0.00808. The summed E-state index contributed by atoms with van der Waals surface area (Å²) < 4.78 is 5.96. The molecule has 2 aromatic rings. The molecule has 522 valence electrons. The lowest BCUT2D eigenvalue weighted by atomic mass is 9.95. The number of amides is 11. The molecular formula is C60H96N16O17Si. The van der Waals surface area contributed by atoms with Crippen molar-refractivity contribution in [1.82, 2.24) is 63.5 Å². The Morgan fingerprint density at radius 1 is 0.723 bits per heavy atom. The lowest BCUT2D eigenvalue weighted by molar-refractivity contribution is -0.159. The van der Waals surface area contributed by atoms with Gasteiger partial charge in [0.2, 0.25) is 65.0 Å². The van der Waals surface area contributed by atoms with Crippen LogP contribution in [0.2, 0.25) is 25.7 Å². The smallest absolute Gasteiger partial charge is 0.331 e. The number of benzene rings is 1. The zero-order valence-corrected chi connectivity index (χ0v) is 55.7. The zero-order valence-electron chi connectivity index (χ0n) is 54.7. The number of nitrogens with zero attached hydrogens (tertiary/aromatic N) is 1. The molecule has 94 heavy (non-hydrogen) atoms. The summed E-state index contributed by atoms with van der Waals surface area (Å²) in [7, 11) is -2.04. The first-order valence-electron chi connectivity index (χ1n) is 30.9. The molecule has 34 heteroatoms. The number of cyclic esters (lactones) is 1. The van der Waals surface area contributed by atoms with Crippen molar-refractivity contribution in [2.24, 2.45) is 35.0 Å². The topological polar surface area (TPSA) is 542 Å². The van der Waals surface area contributed by atoms with Gasteiger partial charge in [-0.1, -0.05) is 104 Å². The van der Waals surface area contributed by atoms with Crippen LogP contribution >= 0.6 is 0 Å². The number of aromatic nitrogens is 1. The average Bonchev–Trinajstić information content (AvgIpc) is 0.965. The molecule has 33 nitrogen and oxygen atoms in total. The third-order valence-electron chi connectivity index (χ3n) is 15.1. The van der Waals surface area contributed by atoms with Crippen LogP contribution in [0.1, 0.15) is 91.4 Å². The number of nitrogens with two attached hydrogens (primary N) is 3. The Morgan fingerprint density at radius 3 is 1.86 bits per heavy atom. The fraction of sp³-hybridized carbons (Fsp3) is 0.600. The molecule has 1 aliphatic heterocycles. The first kappa shape index (κ1) is 79.5. The van der Waals surface area contributed by atoms with Gasteiger partial charge in [0, 0.05) is 33.4 Å². The molecule has 1 aromatic carbocycles. The number of esters is 1. The van der Waals surface area contributed by atoms with Crippen LogP contribution in [0.4, 0.5) is 0 Å². The first-order chi connectivity index (χ1) is 44.0. The predicted molar refractivity (Wildman–Crippen MR) is 343 cm³/mol. The molecule has 0 spiro atoms. The summed E-state index contributed by atoms with van der Waals surface area (Å²) in [5.74, 6) is -17.2. The standard InChI is InChI=1S/C60H96N16O17Si/c1-11-31(6)41-55(88)74-42(32(7)78)54(87)67-26-40(79)72-44(47(81)49(62)82)57(90)71-39(27-77)59(92)93-48(34-18-13-12-14-19-34)45(76-53(86)38(24-33-17-15-21-65-25-33)69-50(83)35(61)28-94(8,9)10)58(91)75-43(46(80)30(4)5)56(89)70-37(23-29(2)3)52(85)68-36(51(84)73-41)20-16-22-66-60(63)64/h12-15,17-19,21,25,29-32,35-39,41-48,77-78,80-81H,11,16,20,22-24,26-28,61H2,1-10H3,(H2,62,82)(H,67,87)(H,68,85)(H,69,83)(H,70,89)(H,71,90)(H,72,79)(H,73,84)(H,74,88)(H,75,91)(H,76,86)(H4,63,64,66)/t31-,32-,35+,36+,37-,38-,39-,41-,42-,43-,44-,45-,46+,47-,48+/m0/s1. The number of rotatable bonds is 23. The molecule has 15 atom stereocenters. The number of hydrogen-bond donors (Lipinski definition) is 19. The number of aliphatic hydroxyl groups is 4. The van der Waals surface area contributed by atoms with Gasteiger partial charge in [0.1, 0.15) is 48.3 Å². The highest BCUT2D eigenvalue weighted by Gasteiger charge is 2.44. The van der Waals surface area contributed by atoms with E-state index in [2.05, 4.69) is 52.8 Å². The van der Waals surface area contributed by atoms with Crippen molar-refractivity contribution in [3.63, 3.8) is 0 Å². The van der Waals surface area contributed by atoms with Crippen LogP contribution in [0.25, 0.3) is 0 Å². The number of hydrogen-bond acceptors (Lipinski definition) is 20. The molecule has 1 aliphatic rings. The predicted octanol–water partition coefficient (Wildman–Crippen LogP) is -5.34. The molecule has 0 bridgehead atoms. The second-order valence-electron chi connectivity index (χ2n) is 25.2. The highest BCUT2D eigenvalue weighted by atomic mass is 28.3. The van der Waals surface area contributed by atoms with Crippen molar-refractivity contribution >= 4 is 85.0 Å². The van der Waals surface area contributed by atoms with Crippen LogP contribution in [0.5, 0.6) is 0 Å². The molecule has 0 unspecified atom stereocenters. The van der Waals surface area contributed by atoms with Crippen LogP contribution in [0.3, 0.4) is 0 Å². The van der Waals surface area contributed by atoms with E-state index in [-0.39, 0.29) is 50.3 Å². The third kappa shape index (κ3) is 25.7. The minimum Gasteiger partial charge on any atom is -0.453 e. The van der Waals surface area contributed by atoms with Crippen LogP contribution < -0.4 is 75.7 Å². The molecule has 22 N–H and O–H groups in total. The number of carbonyl (C=O) groups excluding carboxylic acids is 12. The number of aliphatic hydroxyl groups excluding tert-OH is 4. The largest absolute Gasteiger partial charge is 0.453 e. The summed E-state index contributed by atoms with van der Waals surface area (Å²) in [6, 6.07) is -7.70. The molecular weight excluding hydrogens is 1240 g/mol. The van der Waals surface area contributed by atoms with Gasteiger partial charge < -0.3 is 101 Å². The molecule has 1 fully saturated rings. The van der Waals surface area contributed by atoms with Crippen molar-refractivity contribution in [2.45, 2.75) is 191 Å². The third-order valence-corrected chi connectivity index (χ3v) is 16.7. The van der Waals surface area contributed by atoms with Crippen LogP contribution in [0, 0.1) is 23.2 Å². The van der Waals surface area contributed by atoms with Gasteiger partial charge in [0.05, 0.1) is 31.4 Å². The Bertz CT molecular complexity index is 2940. The fourth-order valence-electron chi connectivity index (χ4n) is 9.67. The van der Waals surface area contributed by atoms with Gasteiger partial charge in [-0.15, -0.1) is 0 Å². The lowest BCUT2D eigenvalue weighted by Crippen LogP contribution is -2.64. The SMILES string of the molecule is CC[C@H](C)[C@@H]1NC(=O)[C@@H](CCCNC(=N)N)NC(=O)[C@H](CC(C)C)NC(=O)[C@H]([C@H](O)C(C)C)NC(=O)[C@@H](NC(=O)[C@H](Cc2cccnc2)NC(=O)[C@H](N)C[Si](C)(C)C)[C@@H](c2ccccc2)OC(=O)[C@H](CO)NC(=O)[C@H]([C@H](O)C(N)=O)NC(=O)CNC(=O)[C@H]([C@H](C)O)NC1=O. The second kappa shape index (κ2) is 37.9. The van der Waals surface area contributed by atoms with Crippen LogP contribution in [-0.4, -0.2) is 209 Å². The quantitative estimate of drug-likeness (QED) is 0.0162. The number of ether oxygens (including phenoxy) is 1. The maximum absolute atomic E-state index is 15.5. The molecule has 2 heterocycles. The summed E-state index contributed by atoms with van der Waals surface area (Å²) in [5.41, 5.74) is 17.5. The van der Waals surface area contributed by atoms with E-state index in [1.807, 2.05) is 30.3 Å². The zero-order chi connectivity index (χ0) is 70.9. The fourth-order valence-corrected chi connectivity index (χ4v) is 11.2. The van der Waals surface area contributed by atoms with Gasteiger partial charge in [-0.25, -0.2) is 4.79 Å². The number of pyridine rings is 1. The Labute approximate surface area is 546 Å². The monoisotopic (exact) mass is 1340 g/mol. The average molecular weight is 1340 g/mol. The van der Waals surface area contributed by atoms with E-state index in [4.69, 9.17) is 27.3 Å². The van der Waals surface area contributed by atoms with E-state index in [0.29, 0.717) is 5.56 Å². The van der Waals surface area contributed by atoms with E-state index in [1.54, 1.807) is 39.8 Å². The number of primary amides is 1. The summed E-state index contributed by atoms with van der Waals surface area (Å²) in [5, 5.41) is 78.5. The van der Waals surface area contributed by atoms with Gasteiger partial charge in [0.25, 0.3) is 0 Å². The second-order valence-corrected chi connectivity index (χ2v) is 30.7. The summed E-state index contributed by atoms with van der Waals surface area (Å²) in [4.78, 5) is 175. The van der Waals surface area contributed by atoms with E-state index in [1.165, 1.54) is 56.6 Å². The van der Waals surface area contributed by atoms with Gasteiger partial charge in [-0.2, -0.15) is 0 Å². The first-order valence-corrected chi connectivity index (χ1v) is 34.6. The molecule has 0 radical (unpaired) electrons. The van der Waals surface area contributed by atoms with Crippen molar-refractivity contribution in [3.8, 4) is 0 Å². The number of carbonyl (C=O) groups is 12. The van der Waals surface area contributed by atoms with E-state index in [9.17, 15) is 68.4 Å². The normalized spacial score (nSPS) is 24.2. The molecule has 11 amide bonds. The molecule has 0 aliphatic carbocycles. The van der Waals surface area contributed by atoms with Crippen molar-refractivity contribution in [3.05, 3.63) is 66.0 Å². The Morgan fingerprint density at radius 2 is 1.31 bits per heavy atom. The Kier molecular flexibility index (Phi) is 32.0. The minimum atomic E-state index is -2.59. The lowest BCUT2D eigenvalue weighted by Gasteiger charge is -2.33. The van der Waals surface area contributed by atoms with E-state index < -0.39 is 201 Å². The van der Waals surface area contributed by atoms with Crippen LogP contribution in [0.15, 0.2) is 54.9 Å². The highest BCUT2D eigenvalue weighted by molar-refractivity contribution is 6.76. The van der Waals surface area contributed by atoms with E-state index in [0.717, 1.165) is 6.92 Å². The van der Waals surface area contributed by atoms with Gasteiger partial charge in [-0.3, -0.25) is 63.1 Å². The molecule has 0 saturated carbocycles. The molecule has 3 rings (SSSR count). The number of nitrogens with one attached hydrogen (secondary N) is 12. The van der Waals surface area contributed by atoms with Gasteiger partial charge >= 0.3 is 5.97 Å². The van der Waals surface area contributed by atoms with Crippen molar-refractivity contribution in [2.75, 3.05) is 19.7 Å².